The number of hydrogen-bond acceptors (Lipinski definition) is 5. The Kier molecular flexibility index (Phi) is 2.40. The number of ether oxygens (including phenoxy) is 1. The summed E-state index contributed by atoms with van der Waals surface area (Å²) in [6.45, 7) is 0.545. The molecular formula is C7H10N4O3. The van der Waals surface area contributed by atoms with Crippen molar-refractivity contribution in [3.05, 3.63) is 5.82 Å². The summed E-state index contributed by atoms with van der Waals surface area (Å²) in [4.78, 5) is 10.9. The van der Waals surface area contributed by atoms with E-state index >= 15 is 0 Å². The highest BCUT2D eigenvalue weighted by atomic mass is 16.5. The Bertz CT molecular complexity index is 313. The fraction of sp³-hybridized carbons (Fsp3) is 0.714. The summed E-state index contributed by atoms with van der Waals surface area (Å²) in [5.74, 6) is -1.13. The van der Waals surface area contributed by atoms with E-state index in [1.165, 1.54) is 0 Å². The highest BCUT2D eigenvalue weighted by molar-refractivity contribution is 5.70. The van der Waals surface area contributed by atoms with Crippen LogP contribution in [0.25, 0.3) is 0 Å². The summed E-state index contributed by atoms with van der Waals surface area (Å²) in [6, 6.07) is 0. The monoisotopic (exact) mass is 198 g/mol. The number of nitrogens with zero attached hydrogens (tertiary/aromatic N) is 3. The van der Waals surface area contributed by atoms with Crippen LogP contribution < -0.4 is 0 Å². The molecule has 0 spiro atoms. The van der Waals surface area contributed by atoms with Crippen LogP contribution in [-0.4, -0.2) is 38.3 Å². The molecule has 2 N–H and O–H groups in total. The van der Waals surface area contributed by atoms with Crippen LogP contribution in [0.15, 0.2) is 0 Å². The molecule has 0 aliphatic carbocycles. The van der Waals surface area contributed by atoms with E-state index in [1.54, 1.807) is 0 Å². The molecule has 2 heterocycles. The molecule has 1 aromatic rings. The molecule has 0 aromatic carbocycles. The van der Waals surface area contributed by atoms with Gasteiger partial charge >= 0.3 is 5.97 Å². The second-order valence-electron chi connectivity index (χ2n) is 3.15. The Hall–Kier alpha value is -1.50. The van der Waals surface area contributed by atoms with Crippen LogP contribution in [0, 0.1) is 5.92 Å². The second-order valence-corrected chi connectivity index (χ2v) is 3.15. The first-order chi connectivity index (χ1) is 6.79. The second kappa shape index (κ2) is 3.70. The molecule has 76 valence electrons. The molecule has 2 atom stereocenters. The zero-order valence-electron chi connectivity index (χ0n) is 7.38. The highest BCUT2D eigenvalue weighted by Gasteiger charge is 2.35. The van der Waals surface area contributed by atoms with Crippen LogP contribution in [-0.2, 0) is 9.53 Å². The lowest BCUT2D eigenvalue weighted by Crippen LogP contribution is -2.29. The van der Waals surface area contributed by atoms with Crippen molar-refractivity contribution in [3.8, 4) is 0 Å². The number of hydrogen-bond donors (Lipinski definition) is 2. The van der Waals surface area contributed by atoms with Gasteiger partial charge in [0.2, 0.25) is 5.82 Å². The van der Waals surface area contributed by atoms with Crippen molar-refractivity contribution in [1.82, 2.24) is 20.6 Å². The minimum Gasteiger partial charge on any atom is -0.481 e. The van der Waals surface area contributed by atoms with Gasteiger partial charge in [-0.15, -0.1) is 10.2 Å². The molecule has 0 saturated carbocycles. The first kappa shape index (κ1) is 9.07. The number of carboxylic acid groups (broad SMARTS) is 1. The maximum atomic E-state index is 10.9. The van der Waals surface area contributed by atoms with Crippen LogP contribution in [0.4, 0.5) is 0 Å². The number of aromatic nitrogens is 4. The lowest BCUT2D eigenvalue weighted by atomic mass is 9.94. The zero-order valence-corrected chi connectivity index (χ0v) is 7.38. The number of carboxylic acids is 1. The van der Waals surface area contributed by atoms with Crippen LogP contribution >= 0.6 is 0 Å². The van der Waals surface area contributed by atoms with Gasteiger partial charge in [-0.1, -0.05) is 5.21 Å². The van der Waals surface area contributed by atoms with Crippen molar-refractivity contribution in [1.29, 1.82) is 0 Å². The third-order valence-corrected chi connectivity index (χ3v) is 2.26. The largest absolute Gasteiger partial charge is 0.481 e. The maximum Gasteiger partial charge on any atom is 0.309 e. The quantitative estimate of drug-likeness (QED) is 0.679. The van der Waals surface area contributed by atoms with Gasteiger partial charge in [-0.05, 0) is 12.8 Å². The van der Waals surface area contributed by atoms with E-state index in [9.17, 15) is 4.79 Å². The number of nitrogens with one attached hydrogen (secondary N) is 1. The molecule has 1 saturated heterocycles. The van der Waals surface area contributed by atoms with Crippen LogP contribution in [0.2, 0.25) is 0 Å². The first-order valence-electron chi connectivity index (χ1n) is 4.37. The Labute approximate surface area is 79.5 Å². The van der Waals surface area contributed by atoms with Gasteiger partial charge in [0.15, 0.2) is 0 Å². The van der Waals surface area contributed by atoms with Crippen molar-refractivity contribution in [2.24, 2.45) is 5.92 Å². The van der Waals surface area contributed by atoms with Gasteiger partial charge in [0.05, 0.1) is 5.92 Å². The Morgan fingerprint density at radius 1 is 1.64 bits per heavy atom. The van der Waals surface area contributed by atoms with Gasteiger partial charge in [-0.3, -0.25) is 4.79 Å². The predicted molar refractivity (Wildman–Crippen MR) is 43.2 cm³/mol. The summed E-state index contributed by atoms with van der Waals surface area (Å²) in [5, 5.41) is 22.1. The number of tetrazole rings is 1. The molecule has 7 heteroatoms. The number of carbonyl (C=O) groups is 1. The summed E-state index contributed by atoms with van der Waals surface area (Å²) in [7, 11) is 0. The molecule has 1 aliphatic heterocycles. The lowest BCUT2D eigenvalue weighted by molar-refractivity contribution is -0.152. The molecule has 0 radical (unpaired) electrons. The van der Waals surface area contributed by atoms with Crippen molar-refractivity contribution in [2.75, 3.05) is 6.61 Å². The Morgan fingerprint density at radius 3 is 3.14 bits per heavy atom. The van der Waals surface area contributed by atoms with E-state index in [4.69, 9.17) is 9.84 Å². The predicted octanol–water partition coefficient (Wildman–Crippen LogP) is -0.248. The maximum absolute atomic E-state index is 10.9. The Balaban J connectivity index is 2.18. The van der Waals surface area contributed by atoms with Crippen molar-refractivity contribution in [2.45, 2.75) is 18.9 Å². The summed E-state index contributed by atoms with van der Waals surface area (Å²) in [6.07, 6.45) is 0.778. The molecule has 2 rings (SSSR count). The van der Waals surface area contributed by atoms with E-state index in [-0.39, 0.29) is 0 Å². The van der Waals surface area contributed by atoms with Gasteiger partial charge in [-0.2, -0.15) is 5.21 Å². The number of aromatic amines is 1. The van der Waals surface area contributed by atoms with E-state index in [1.807, 2.05) is 0 Å². The fourth-order valence-electron chi connectivity index (χ4n) is 1.58. The van der Waals surface area contributed by atoms with E-state index in [0.717, 1.165) is 6.42 Å². The van der Waals surface area contributed by atoms with Gasteiger partial charge in [0.25, 0.3) is 0 Å². The zero-order chi connectivity index (χ0) is 9.97. The van der Waals surface area contributed by atoms with Gasteiger partial charge in [0.1, 0.15) is 6.10 Å². The normalized spacial score (nSPS) is 27.4. The number of H-pyrrole nitrogens is 1. The molecule has 2 unspecified atom stereocenters. The van der Waals surface area contributed by atoms with Crippen molar-refractivity contribution < 1.29 is 14.6 Å². The highest BCUT2D eigenvalue weighted by Crippen LogP contribution is 2.31. The van der Waals surface area contributed by atoms with E-state index in [0.29, 0.717) is 18.9 Å². The molecule has 1 fully saturated rings. The van der Waals surface area contributed by atoms with Gasteiger partial charge in [0, 0.05) is 6.61 Å². The third-order valence-electron chi connectivity index (χ3n) is 2.26. The van der Waals surface area contributed by atoms with Crippen LogP contribution in [0.5, 0.6) is 0 Å². The lowest BCUT2D eigenvalue weighted by Gasteiger charge is -2.26. The van der Waals surface area contributed by atoms with E-state index < -0.39 is 18.0 Å². The molecular weight excluding hydrogens is 188 g/mol. The van der Waals surface area contributed by atoms with Crippen molar-refractivity contribution in [3.63, 3.8) is 0 Å². The molecule has 0 bridgehead atoms. The van der Waals surface area contributed by atoms with Crippen LogP contribution in [0.3, 0.4) is 0 Å². The molecule has 1 aromatic heterocycles. The third kappa shape index (κ3) is 1.58. The Morgan fingerprint density at radius 2 is 2.50 bits per heavy atom. The SMILES string of the molecule is O=C(O)C1CCCOC1c1nn[nH]n1. The molecule has 1 aliphatic rings. The molecule has 0 amide bonds. The smallest absolute Gasteiger partial charge is 0.309 e. The van der Waals surface area contributed by atoms with Crippen LogP contribution in [0.1, 0.15) is 24.8 Å². The topological polar surface area (TPSA) is 101 Å². The standard InChI is InChI=1S/C7H10N4O3/c12-7(13)4-2-1-3-14-5(4)6-8-10-11-9-6/h4-5H,1-3H2,(H,12,13)(H,8,9,10,11). The van der Waals surface area contributed by atoms with Crippen molar-refractivity contribution >= 4 is 5.97 Å². The van der Waals surface area contributed by atoms with Gasteiger partial charge in [-0.25, -0.2) is 0 Å². The number of rotatable bonds is 2. The van der Waals surface area contributed by atoms with Gasteiger partial charge < -0.3 is 9.84 Å². The fourth-order valence-corrected chi connectivity index (χ4v) is 1.58. The number of aliphatic carboxylic acids is 1. The summed E-state index contributed by atoms with van der Waals surface area (Å²) in [5.41, 5.74) is 0. The minimum atomic E-state index is -0.875. The first-order valence-corrected chi connectivity index (χ1v) is 4.37. The average molecular weight is 198 g/mol. The summed E-state index contributed by atoms with van der Waals surface area (Å²) >= 11 is 0. The molecule has 7 nitrogen and oxygen atoms in total. The molecule has 14 heavy (non-hydrogen) atoms. The average Bonchev–Trinajstić information content (AvgIpc) is 2.70. The van der Waals surface area contributed by atoms with E-state index in [2.05, 4.69) is 20.6 Å². The minimum absolute atomic E-state index is 0.317. The summed E-state index contributed by atoms with van der Waals surface area (Å²) < 4.78 is 5.33.